The molecule has 0 saturated heterocycles. The van der Waals surface area contributed by atoms with Gasteiger partial charge in [-0.15, -0.1) is 0 Å². The number of hydrogen-bond donors (Lipinski definition) is 3. The van der Waals surface area contributed by atoms with Crippen LogP contribution in [0.25, 0.3) is 10.9 Å². The van der Waals surface area contributed by atoms with Gasteiger partial charge in [-0.1, -0.05) is 37.3 Å². The number of ether oxygens (including phenoxy) is 1. The van der Waals surface area contributed by atoms with E-state index in [1.54, 1.807) is 33.8 Å². The Kier molecular flexibility index (Phi) is 8.08. The van der Waals surface area contributed by atoms with Crippen LogP contribution in [0.3, 0.4) is 0 Å². The lowest BCUT2D eigenvalue weighted by molar-refractivity contribution is -0.127. The first-order chi connectivity index (χ1) is 19.1. The summed E-state index contributed by atoms with van der Waals surface area (Å²) < 4.78 is 34.1. The molecule has 3 aromatic rings. The van der Waals surface area contributed by atoms with Crippen LogP contribution in [-0.2, 0) is 38.9 Å². The SMILES string of the molecule is CCc1cn2c3c(cc(C(=O)NNC(=O)[C@@](C)(Cc4ccccc4)NC(=O)OC(C)(C)C)cc13)N(C)S(=O)(=O)CC2. The van der Waals surface area contributed by atoms with E-state index in [0.717, 1.165) is 22.0 Å². The summed E-state index contributed by atoms with van der Waals surface area (Å²) in [6, 6.07) is 12.3. The molecule has 2 heterocycles. The van der Waals surface area contributed by atoms with E-state index in [1.165, 1.54) is 17.4 Å². The highest BCUT2D eigenvalue weighted by molar-refractivity contribution is 7.92. The van der Waals surface area contributed by atoms with Crippen molar-refractivity contribution in [3.8, 4) is 0 Å². The molecule has 0 bridgehead atoms. The molecular weight excluding hydrogens is 546 g/mol. The van der Waals surface area contributed by atoms with Gasteiger partial charge < -0.3 is 14.6 Å². The Bertz CT molecular complexity index is 1590. The van der Waals surface area contributed by atoms with E-state index < -0.39 is 39.1 Å². The molecule has 2 aromatic carbocycles. The molecule has 3 amide bonds. The third-order valence-corrected chi connectivity index (χ3v) is 8.72. The first-order valence-electron chi connectivity index (χ1n) is 13.4. The Morgan fingerprint density at radius 2 is 1.71 bits per heavy atom. The minimum atomic E-state index is -3.58. The lowest BCUT2D eigenvalue weighted by Crippen LogP contribution is -2.61. The van der Waals surface area contributed by atoms with Crippen molar-refractivity contribution in [1.82, 2.24) is 20.7 Å². The van der Waals surface area contributed by atoms with Gasteiger partial charge in [-0.25, -0.2) is 13.2 Å². The van der Waals surface area contributed by atoms with Gasteiger partial charge in [-0.3, -0.25) is 24.7 Å². The number of nitrogens with zero attached hydrogens (tertiary/aromatic N) is 2. The Labute approximate surface area is 240 Å². The molecule has 0 fully saturated rings. The molecule has 0 spiro atoms. The minimum absolute atomic E-state index is 0.0622. The molecule has 0 aliphatic carbocycles. The van der Waals surface area contributed by atoms with Crippen molar-refractivity contribution in [2.24, 2.45) is 0 Å². The summed E-state index contributed by atoms with van der Waals surface area (Å²) >= 11 is 0. The number of aryl methyl sites for hydroxylation is 2. The molecule has 3 N–H and O–H groups in total. The topological polar surface area (TPSA) is 139 Å². The number of amides is 3. The van der Waals surface area contributed by atoms with E-state index in [4.69, 9.17) is 4.74 Å². The van der Waals surface area contributed by atoms with Gasteiger partial charge in [0, 0.05) is 37.2 Å². The number of nitrogens with one attached hydrogen (secondary N) is 3. The van der Waals surface area contributed by atoms with Gasteiger partial charge in [0.2, 0.25) is 10.0 Å². The highest BCUT2D eigenvalue weighted by Crippen LogP contribution is 2.35. The highest BCUT2D eigenvalue weighted by Gasteiger charge is 2.37. The molecule has 12 heteroatoms. The van der Waals surface area contributed by atoms with Crippen molar-refractivity contribution in [1.29, 1.82) is 0 Å². The molecule has 1 atom stereocenters. The van der Waals surface area contributed by atoms with Crippen molar-refractivity contribution in [3.63, 3.8) is 0 Å². The number of aromatic nitrogens is 1. The zero-order valence-corrected chi connectivity index (χ0v) is 25.0. The monoisotopic (exact) mass is 583 g/mol. The summed E-state index contributed by atoms with van der Waals surface area (Å²) in [4.78, 5) is 39.4. The van der Waals surface area contributed by atoms with Crippen LogP contribution >= 0.6 is 0 Å². The average molecular weight is 584 g/mol. The number of carbonyl (C=O) groups excluding carboxylic acids is 3. The van der Waals surface area contributed by atoms with E-state index in [9.17, 15) is 22.8 Å². The molecule has 1 aromatic heterocycles. The van der Waals surface area contributed by atoms with Gasteiger partial charge in [0.25, 0.3) is 11.8 Å². The Morgan fingerprint density at radius 1 is 1.02 bits per heavy atom. The predicted octanol–water partition coefficient (Wildman–Crippen LogP) is 3.27. The standard InChI is InChI=1S/C29H37N5O6S/c1-7-20-18-34-13-14-41(38,39)33(6)23-16-21(15-22(20)24(23)34)25(35)31-32-26(36)29(5,17-19-11-9-8-10-12-19)30-27(37)40-28(2,3)4/h8-12,15-16,18H,7,13-14,17H2,1-6H3,(H,30,37)(H,31,35)(H,32,36)/t29-/m1/s1. The Balaban J connectivity index is 1.61. The van der Waals surface area contributed by atoms with Crippen molar-refractivity contribution in [2.75, 3.05) is 17.1 Å². The van der Waals surface area contributed by atoms with Gasteiger partial charge in [-0.2, -0.15) is 0 Å². The number of sulfonamides is 1. The first kappa shape index (κ1) is 29.9. The molecule has 4 rings (SSSR count). The number of alkyl carbamates (subject to hydrolysis) is 1. The molecule has 0 saturated carbocycles. The number of benzene rings is 2. The fourth-order valence-corrected chi connectivity index (χ4v) is 6.00. The predicted molar refractivity (Wildman–Crippen MR) is 157 cm³/mol. The number of hydrogen-bond acceptors (Lipinski definition) is 6. The summed E-state index contributed by atoms with van der Waals surface area (Å²) in [5, 5.41) is 3.42. The highest BCUT2D eigenvalue weighted by atomic mass is 32.2. The van der Waals surface area contributed by atoms with Gasteiger partial charge in [0.1, 0.15) is 11.1 Å². The van der Waals surface area contributed by atoms with Gasteiger partial charge in [0.05, 0.1) is 17.0 Å². The zero-order valence-electron chi connectivity index (χ0n) is 24.2. The third-order valence-electron chi connectivity index (χ3n) is 6.99. The van der Waals surface area contributed by atoms with Crippen LogP contribution in [0.5, 0.6) is 0 Å². The minimum Gasteiger partial charge on any atom is -0.444 e. The molecule has 220 valence electrons. The zero-order chi connectivity index (χ0) is 30.2. The van der Waals surface area contributed by atoms with Crippen molar-refractivity contribution < 1.29 is 27.5 Å². The average Bonchev–Trinajstić information content (AvgIpc) is 3.22. The van der Waals surface area contributed by atoms with Crippen LogP contribution in [0.15, 0.2) is 48.7 Å². The summed E-state index contributed by atoms with van der Waals surface area (Å²) in [7, 11) is -2.11. The third kappa shape index (κ3) is 6.48. The number of anilines is 1. The second-order valence-electron chi connectivity index (χ2n) is 11.4. The summed E-state index contributed by atoms with van der Waals surface area (Å²) in [6.07, 6.45) is 1.96. The molecule has 41 heavy (non-hydrogen) atoms. The molecule has 1 aliphatic heterocycles. The van der Waals surface area contributed by atoms with Crippen molar-refractivity contribution in [2.45, 2.75) is 65.1 Å². The van der Waals surface area contributed by atoms with Crippen LogP contribution in [0.2, 0.25) is 0 Å². The van der Waals surface area contributed by atoms with Gasteiger partial charge >= 0.3 is 6.09 Å². The van der Waals surface area contributed by atoms with Crippen molar-refractivity contribution in [3.05, 3.63) is 65.4 Å². The molecular formula is C29H37N5O6S. The molecule has 1 aliphatic rings. The maximum absolute atomic E-state index is 13.5. The van der Waals surface area contributed by atoms with E-state index in [-0.39, 0.29) is 17.7 Å². The first-order valence-corrected chi connectivity index (χ1v) is 15.0. The summed E-state index contributed by atoms with van der Waals surface area (Å²) in [5.41, 5.74) is 5.67. The maximum Gasteiger partial charge on any atom is 0.408 e. The lowest BCUT2D eigenvalue weighted by atomic mass is 9.92. The normalized spacial score (nSPS) is 15.9. The smallest absolute Gasteiger partial charge is 0.408 e. The second kappa shape index (κ2) is 11.1. The number of rotatable bonds is 6. The Morgan fingerprint density at radius 3 is 2.34 bits per heavy atom. The summed E-state index contributed by atoms with van der Waals surface area (Å²) in [6.45, 7) is 8.99. The van der Waals surface area contributed by atoms with E-state index in [2.05, 4.69) is 16.2 Å². The van der Waals surface area contributed by atoms with Crippen LogP contribution in [0.1, 0.15) is 56.1 Å². The molecule has 0 unspecified atom stereocenters. The van der Waals surface area contributed by atoms with Crippen LogP contribution in [0.4, 0.5) is 10.5 Å². The van der Waals surface area contributed by atoms with Crippen LogP contribution in [-0.4, -0.2) is 54.8 Å². The van der Waals surface area contributed by atoms with E-state index >= 15 is 0 Å². The van der Waals surface area contributed by atoms with E-state index in [0.29, 0.717) is 18.7 Å². The fourth-order valence-electron chi connectivity index (χ4n) is 4.86. The summed E-state index contributed by atoms with van der Waals surface area (Å²) in [5.74, 6) is -1.37. The van der Waals surface area contributed by atoms with Gasteiger partial charge in [-0.05, 0) is 57.4 Å². The fraction of sp³-hybridized carbons (Fsp3) is 0.414. The largest absolute Gasteiger partial charge is 0.444 e. The van der Waals surface area contributed by atoms with Crippen molar-refractivity contribution >= 4 is 44.5 Å². The Hall–Kier alpha value is -4.06. The quantitative estimate of drug-likeness (QED) is 0.381. The van der Waals surface area contributed by atoms with Crippen LogP contribution < -0.4 is 20.5 Å². The number of hydrazine groups is 1. The molecule has 11 nitrogen and oxygen atoms in total. The number of carbonyl (C=O) groups is 3. The van der Waals surface area contributed by atoms with Crippen LogP contribution in [0, 0.1) is 0 Å². The lowest BCUT2D eigenvalue weighted by Gasteiger charge is -2.31. The van der Waals surface area contributed by atoms with E-state index in [1.807, 2.05) is 48.0 Å². The maximum atomic E-state index is 13.5. The molecule has 0 radical (unpaired) electrons. The second-order valence-corrected chi connectivity index (χ2v) is 13.5. The van der Waals surface area contributed by atoms with Gasteiger partial charge in [0.15, 0.2) is 0 Å².